The maximum Gasteiger partial charge on any atom is 0.0541 e. The van der Waals surface area contributed by atoms with Crippen molar-refractivity contribution >= 4 is 154 Å². The number of hydrogen-bond acceptors (Lipinski definition) is 4. The summed E-state index contributed by atoms with van der Waals surface area (Å²) in [6.07, 6.45) is 0. The van der Waals surface area contributed by atoms with Crippen LogP contribution in [0.3, 0.4) is 0 Å². The Bertz CT molecular complexity index is 7970. The molecule has 4 aromatic heterocycles. The first kappa shape index (κ1) is 78.6. The van der Waals surface area contributed by atoms with E-state index in [1.54, 1.807) is 0 Å². The maximum absolute atomic E-state index is 2.37. The molecule has 0 spiro atoms. The van der Waals surface area contributed by atoms with Gasteiger partial charge in [0.05, 0.1) is 44.1 Å². The van der Waals surface area contributed by atoms with E-state index in [0.717, 1.165) is 39.8 Å². The Kier molecular flexibility index (Phi) is 21.2. The van der Waals surface area contributed by atoms with E-state index in [1.165, 1.54) is 159 Å². The molecule has 0 amide bonds. The zero-order chi connectivity index (χ0) is 86.0. The van der Waals surface area contributed by atoms with E-state index in [9.17, 15) is 0 Å². The second kappa shape index (κ2) is 34.6. The number of nitrogens with zero attached hydrogens (tertiary/aromatic N) is 8. The molecule has 8 heteroatoms. The van der Waals surface area contributed by atoms with E-state index in [2.05, 4.69) is 551 Å². The summed E-state index contributed by atoms with van der Waals surface area (Å²) in [4.78, 5) is 9.06. The molecular formula is C120H92N8. The third-order valence-corrected chi connectivity index (χ3v) is 25.2. The molecule has 0 radical (unpaired) electrons. The van der Waals surface area contributed by atoms with Gasteiger partial charge in [-0.3, -0.25) is 0 Å². The van der Waals surface area contributed by atoms with E-state index in [0.29, 0.717) is 0 Å². The Hall–Kier alpha value is -16.7. The third-order valence-electron chi connectivity index (χ3n) is 25.2. The predicted molar refractivity (Wildman–Crippen MR) is 547 cm³/mol. The summed E-state index contributed by atoms with van der Waals surface area (Å²) < 4.78 is 9.46. The van der Waals surface area contributed by atoms with Crippen LogP contribution in [-0.4, -0.2) is 46.5 Å². The van der Waals surface area contributed by atoms with Crippen molar-refractivity contribution in [1.82, 2.24) is 18.3 Å². The van der Waals surface area contributed by atoms with Crippen LogP contribution in [0, 0.1) is 0 Å². The van der Waals surface area contributed by atoms with Gasteiger partial charge < -0.3 is 37.9 Å². The molecule has 20 aromatic carbocycles. The summed E-state index contributed by atoms with van der Waals surface area (Å²) in [5, 5.41) is 15.3. The van der Waals surface area contributed by atoms with Crippen LogP contribution in [-0.2, 0) is 0 Å². The molecule has 4 heterocycles. The minimum absolute atomic E-state index is 1.15. The Labute approximate surface area is 745 Å². The summed E-state index contributed by atoms with van der Waals surface area (Å²) in [6.45, 7) is 0. The van der Waals surface area contributed by atoms with E-state index >= 15 is 0 Å². The summed E-state index contributed by atoms with van der Waals surface area (Å²) in [6, 6.07) is 173. The number of aromatic nitrogens is 4. The lowest BCUT2D eigenvalue weighted by Gasteiger charge is -2.24. The molecule has 128 heavy (non-hydrogen) atoms. The number of benzene rings is 20. The smallest absolute Gasteiger partial charge is 0.0541 e. The minimum atomic E-state index is 1.15. The average molecular weight is 1650 g/mol. The number of hydrogen-bond donors (Lipinski definition) is 0. The summed E-state index contributed by atoms with van der Waals surface area (Å²) in [7, 11) is 8.56. The fraction of sp³-hybridized carbons (Fsp3) is 0.0333. The summed E-state index contributed by atoms with van der Waals surface area (Å²) in [5.41, 5.74) is 28.7. The molecule has 612 valence electrons. The van der Waals surface area contributed by atoms with E-state index in [1.807, 2.05) is 0 Å². The number of rotatable bonds is 14. The highest BCUT2D eigenvalue weighted by atomic mass is 15.1. The zero-order valence-corrected chi connectivity index (χ0v) is 71.8. The van der Waals surface area contributed by atoms with Gasteiger partial charge in [-0.05, 0) is 191 Å². The molecule has 0 unspecified atom stereocenters. The Morgan fingerprint density at radius 3 is 0.805 bits per heavy atom. The van der Waals surface area contributed by atoms with Gasteiger partial charge in [0, 0.05) is 150 Å². The van der Waals surface area contributed by atoms with Gasteiger partial charge in [0.1, 0.15) is 0 Å². The van der Waals surface area contributed by atoms with Gasteiger partial charge in [0.15, 0.2) is 0 Å². The van der Waals surface area contributed by atoms with Gasteiger partial charge >= 0.3 is 0 Å². The Morgan fingerprint density at radius 1 is 0.148 bits per heavy atom. The molecule has 0 fully saturated rings. The van der Waals surface area contributed by atoms with Crippen molar-refractivity contribution in [3.05, 3.63) is 485 Å². The van der Waals surface area contributed by atoms with Crippen LogP contribution in [0.15, 0.2) is 485 Å². The van der Waals surface area contributed by atoms with Gasteiger partial charge in [-0.2, -0.15) is 0 Å². The molecule has 0 bridgehead atoms. The fourth-order valence-corrected chi connectivity index (χ4v) is 18.8. The highest BCUT2D eigenvalue weighted by Gasteiger charge is 2.21. The first-order valence-corrected chi connectivity index (χ1v) is 43.8. The standard InChI is InChI=1S/2C31H24N2.2C29H22N2/c1-32(29-19-8-5-16-26(29)23-12-3-2-4-13-23)24-14-11-15-25(22-24)33-30-20-9-6-17-27(30)28-18-7-10-21-31(28)33;1-32(25-14-9-13-24(21-25)23-11-3-2-4-12-23)26-15-10-16-27(22-26)33-30-19-7-5-17-28(30)29-18-6-8-20-31(29)33;1-30(27-19-8-11-21-10-2-3-14-24(21)27)22-12-9-13-23(20-22)31-28-17-6-4-15-25(28)26-16-5-7-18-29(26)31;1-30(24-18-17-21-9-2-3-10-22(21)19-24)23-11-8-12-25(20-23)31-28-15-6-4-13-26(28)27-14-5-7-16-29(27)31/h2*2-22H,1H3;2*2-20H,1H3. The van der Waals surface area contributed by atoms with Crippen LogP contribution in [0.1, 0.15) is 0 Å². The highest BCUT2D eigenvalue weighted by molar-refractivity contribution is 6.13. The molecule has 0 aliphatic heterocycles. The van der Waals surface area contributed by atoms with Gasteiger partial charge in [-0.25, -0.2) is 0 Å². The van der Waals surface area contributed by atoms with Crippen LogP contribution in [0.5, 0.6) is 0 Å². The van der Waals surface area contributed by atoms with E-state index in [-0.39, 0.29) is 0 Å². The summed E-state index contributed by atoms with van der Waals surface area (Å²) in [5.74, 6) is 0. The first-order valence-electron chi connectivity index (χ1n) is 43.8. The lowest BCUT2D eigenvalue weighted by Crippen LogP contribution is -2.11. The number of anilines is 8. The van der Waals surface area contributed by atoms with Crippen LogP contribution in [0.4, 0.5) is 45.5 Å². The van der Waals surface area contributed by atoms with Crippen molar-refractivity contribution in [2.24, 2.45) is 0 Å². The largest absolute Gasteiger partial charge is 0.345 e. The van der Waals surface area contributed by atoms with Gasteiger partial charge in [0.2, 0.25) is 0 Å². The molecule has 24 rings (SSSR count). The topological polar surface area (TPSA) is 32.7 Å². The van der Waals surface area contributed by atoms with Crippen molar-refractivity contribution in [2.45, 2.75) is 0 Å². The molecule has 24 aromatic rings. The second-order valence-electron chi connectivity index (χ2n) is 32.6. The predicted octanol–water partition coefficient (Wildman–Crippen LogP) is 31.8. The zero-order valence-electron chi connectivity index (χ0n) is 71.8. The molecule has 0 aliphatic rings. The monoisotopic (exact) mass is 1640 g/mol. The van der Waals surface area contributed by atoms with Crippen molar-refractivity contribution in [3.63, 3.8) is 0 Å². The molecule has 0 N–H and O–H groups in total. The molecular weight excluding hydrogens is 1550 g/mol. The average Bonchev–Trinajstić information content (AvgIpc) is 1.61. The Morgan fingerprint density at radius 2 is 0.406 bits per heavy atom. The number of fused-ring (bicyclic) bond motifs is 14. The second-order valence-corrected chi connectivity index (χ2v) is 32.6. The quantitative estimate of drug-likeness (QED) is 0.109. The third kappa shape index (κ3) is 14.9. The Balaban J connectivity index is 0.000000104. The van der Waals surface area contributed by atoms with Gasteiger partial charge in [-0.15, -0.1) is 0 Å². The van der Waals surface area contributed by atoms with Crippen LogP contribution in [0.2, 0.25) is 0 Å². The van der Waals surface area contributed by atoms with Crippen molar-refractivity contribution in [3.8, 4) is 45.0 Å². The molecule has 0 saturated heterocycles. The number of para-hydroxylation sites is 9. The van der Waals surface area contributed by atoms with Crippen LogP contribution in [0.25, 0.3) is 154 Å². The normalized spacial score (nSPS) is 11.3. The maximum atomic E-state index is 2.37. The lowest BCUT2D eigenvalue weighted by molar-refractivity contribution is 1.15. The van der Waals surface area contributed by atoms with Gasteiger partial charge in [-0.1, -0.05) is 328 Å². The van der Waals surface area contributed by atoms with E-state index < -0.39 is 0 Å². The molecule has 0 atom stereocenters. The van der Waals surface area contributed by atoms with Crippen molar-refractivity contribution in [1.29, 1.82) is 0 Å². The molecule has 0 aliphatic carbocycles. The minimum Gasteiger partial charge on any atom is -0.345 e. The van der Waals surface area contributed by atoms with Crippen molar-refractivity contribution < 1.29 is 0 Å². The SMILES string of the molecule is CN(c1cccc(-c2ccccc2)c1)c1cccc(-n2c3ccccc3c3ccccc32)c1.CN(c1cccc(-n2c3ccccc3c3ccccc32)c1)c1ccc2ccccc2c1.CN(c1cccc(-n2c3ccccc3c3ccccc32)c1)c1cccc2ccccc12.CN(c1cccc(-n2c3ccccc3c3ccccc32)c1)c1ccccc1-c1ccccc1. The summed E-state index contributed by atoms with van der Waals surface area (Å²) >= 11 is 0. The lowest BCUT2D eigenvalue weighted by atomic mass is 10.0. The van der Waals surface area contributed by atoms with Crippen molar-refractivity contribution in [2.75, 3.05) is 47.8 Å². The van der Waals surface area contributed by atoms with Gasteiger partial charge in [0.25, 0.3) is 0 Å². The molecule has 8 nitrogen and oxygen atoms in total. The van der Waals surface area contributed by atoms with Crippen LogP contribution < -0.4 is 19.6 Å². The van der Waals surface area contributed by atoms with Crippen LogP contribution >= 0.6 is 0 Å². The van der Waals surface area contributed by atoms with E-state index in [4.69, 9.17) is 0 Å². The molecule has 0 saturated carbocycles. The first-order chi connectivity index (χ1) is 63.2. The fourth-order valence-electron chi connectivity index (χ4n) is 18.8. The highest BCUT2D eigenvalue weighted by Crippen LogP contribution is 2.43.